The first-order chi connectivity index (χ1) is 16.0. The van der Waals surface area contributed by atoms with Gasteiger partial charge < -0.3 is 9.84 Å². The third-order valence-electron chi connectivity index (χ3n) is 4.87. The van der Waals surface area contributed by atoms with Crippen LogP contribution in [0.2, 0.25) is 0 Å². The molecule has 1 heterocycles. The minimum absolute atomic E-state index is 0.00557. The van der Waals surface area contributed by atoms with Gasteiger partial charge >= 0.3 is 6.09 Å². The fourth-order valence-electron chi connectivity index (χ4n) is 3.20. The predicted molar refractivity (Wildman–Crippen MR) is 115 cm³/mol. The molecule has 33 heavy (non-hydrogen) atoms. The Labute approximate surface area is 188 Å². The molecule has 7 nitrogen and oxygen atoms in total. The van der Waals surface area contributed by atoms with Crippen molar-refractivity contribution in [3.63, 3.8) is 0 Å². The first kappa shape index (κ1) is 23.2. The lowest BCUT2D eigenvalue weighted by Crippen LogP contribution is -2.29. The van der Waals surface area contributed by atoms with Crippen LogP contribution in [0.1, 0.15) is 33.5 Å². The Balaban J connectivity index is 1.93. The van der Waals surface area contributed by atoms with E-state index in [0.29, 0.717) is 16.7 Å². The molecule has 0 aliphatic rings. The zero-order valence-electron chi connectivity index (χ0n) is 17.3. The lowest BCUT2D eigenvalue weighted by molar-refractivity contribution is 0.201. The average Bonchev–Trinajstić information content (AvgIpc) is 2.85. The molecule has 3 aromatic rings. The smallest absolute Gasteiger partial charge is 0.412 e. The zero-order chi connectivity index (χ0) is 23.8. The van der Waals surface area contributed by atoms with Gasteiger partial charge in [-0.2, -0.15) is 10.5 Å². The summed E-state index contributed by atoms with van der Waals surface area (Å²) in [4.78, 5) is 16.8. The van der Waals surface area contributed by atoms with Crippen molar-refractivity contribution in [1.82, 2.24) is 4.98 Å². The molecule has 1 aromatic heterocycles. The number of halogens is 2. The summed E-state index contributed by atoms with van der Waals surface area (Å²) in [7, 11) is 0. The molecule has 0 saturated heterocycles. The van der Waals surface area contributed by atoms with Crippen LogP contribution in [0.3, 0.4) is 0 Å². The number of carbonyl (C=O) groups is 1. The quantitative estimate of drug-likeness (QED) is 0.518. The molecule has 0 saturated carbocycles. The van der Waals surface area contributed by atoms with Gasteiger partial charge in [0, 0.05) is 17.4 Å². The van der Waals surface area contributed by atoms with Crippen molar-refractivity contribution in [3.05, 3.63) is 88.2 Å². The fraction of sp³-hybridized carbons (Fsp3) is 0.167. The molecule has 2 aromatic carbocycles. The van der Waals surface area contributed by atoms with E-state index in [1.807, 2.05) is 12.1 Å². The molecule has 0 spiro atoms. The fourth-order valence-corrected chi connectivity index (χ4v) is 3.20. The summed E-state index contributed by atoms with van der Waals surface area (Å²) in [6.45, 7) is -2.35. The van der Waals surface area contributed by atoms with Gasteiger partial charge in [-0.15, -0.1) is 0 Å². The molecule has 3 rings (SSSR count). The normalized spacial score (nSPS) is 10.2. The highest BCUT2D eigenvalue weighted by Gasteiger charge is 2.22. The molecule has 0 unspecified atom stereocenters. The summed E-state index contributed by atoms with van der Waals surface area (Å²) in [5.41, 5.74) is 1.77. The third-order valence-corrected chi connectivity index (χ3v) is 4.87. The lowest BCUT2D eigenvalue weighted by Gasteiger charge is -2.22. The summed E-state index contributed by atoms with van der Waals surface area (Å²) in [5.74, 6) is -0.0926. The van der Waals surface area contributed by atoms with Crippen molar-refractivity contribution in [2.24, 2.45) is 0 Å². The number of hydrogen-bond acceptors (Lipinski definition) is 5. The number of ether oxygens (including phenoxy) is 1. The summed E-state index contributed by atoms with van der Waals surface area (Å²) in [6, 6.07) is 16.4. The van der Waals surface area contributed by atoms with Crippen LogP contribution in [0.15, 0.2) is 54.7 Å². The minimum atomic E-state index is -1.30. The van der Waals surface area contributed by atoms with Crippen molar-refractivity contribution in [2.45, 2.75) is 26.5 Å². The number of carboxylic acid groups (broad SMARTS) is 1. The zero-order valence-corrected chi connectivity index (χ0v) is 17.3. The molecule has 1 N–H and O–H groups in total. The van der Waals surface area contributed by atoms with Gasteiger partial charge in [0.15, 0.2) is 0 Å². The van der Waals surface area contributed by atoms with Gasteiger partial charge in [0.2, 0.25) is 0 Å². The monoisotopic (exact) mass is 448 g/mol. The van der Waals surface area contributed by atoms with Gasteiger partial charge in [-0.05, 0) is 47.5 Å². The first-order valence-corrected chi connectivity index (χ1v) is 9.74. The van der Waals surface area contributed by atoms with Gasteiger partial charge in [-0.25, -0.2) is 13.6 Å². The summed E-state index contributed by atoms with van der Waals surface area (Å²) >= 11 is 0. The van der Waals surface area contributed by atoms with Crippen LogP contribution >= 0.6 is 0 Å². The van der Waals surface area contributed by atoms with Crippen molar-refractivity contribution in [1.29, 1.82) is 10.5 Å². The Kier molecular flexibility index (Phi) is 7.51. The van der Waals surface area contributed by atoms with Crippen LogP contribution in [0.4, 0.5) is 19.3 Å². The second-order valence-electron chi connectivity index (χ2n) is 6.93. The molecule has 0 aliphatic heterocycles. The van der Waals surface area contributed by atoms with Gasteiger partial charge in [0.05, 0.1) is 29.8 Å². The molecule has 166 valence electrons. The Morgan fingerprint density at radius 3 is 2.39 bits per heavy atom. The van der Waals surface area contributed by atoms with Crippen LogP contribution in [0, 0.1) is 22.7 Å². The van der Waals surface area contributed by atoms with Crippen LogP contribution in [-0.2, 0) is 26.5 Å². The molecule has 1 amide bonds. The molecular weight excluding hydrogens is 430 g/mol. The number of hydrogen-bond donors (Lipinski definition) is 1. The highest BCUT2D eigenvalue weighted by molar-refractivity contribution is 5.86. The number of rotatable bonds is 8. The van der Waals surface area contributed by atoms with E-state index in [1.54, 1.807) is 24.3 Å². The average molecular weight is 448 g/mol. The summed E-state index contributed by atoms with van der Waals surface area (Å²) in [6.07, 6.45) is -0.0677. The second kappa shape index (κ2) is 10.7. The Morgan fingerprint density at radius 2 is 1.79 bits per heavy atom. The Morgan fingerprint density at radius 1 is 1.06 bits per heavy atom. The maximum absolute atomic E-state index is 14.1. The first-order valence-electron chi connectivity index (χ1n) is 9.74. The highest BCUT2D eigenvalue weighted by Crippen LogP contribution is 2.30. The summed E-state index contributed by atoms with van der Waals surface area (Å²) < 4.78 is 33.4. The number of nitrogens with zero attached hydrogens (tertiary/aromatic N) is 4. The SMILES string of the molecule is N#Cc1ccc(N(Cc2cnc(CF)c(OCc3cccc(C#N)c3)c2CF)C(=O)O)cc1. The Bertz CT molecular complexity index is 1230. The molecule has 0 bridgehead atoms. The standard InChI is InChI=1S/C24H18F2N4O3/c25-9-21-19(14-30(24(31)32)20-6-4-16(11-27)5-7-20)13-29-22(10-26)23(21)33-15-18-3-1-2-17(8-18)12-28/h1-8,13H,9-10,14-15H2,(H,31,32). The molecular formula is C24H18F2N4O3. The van der Waals surface area contributed by atoms with Crippen LogP contribution < -0.4 is 9.64 Å². The molecule has 0 aliphatic carbocycles. The van der Waals surface area contributed by atoms with Crippen molar-refractivity contribution in [2.75, 3.05) is 4.90 Å². The van der Waals surface area contributed by atoms with E-state index in [0.717, 1.165) is 4.90 Å². The van der Waals surface area contributed by atoms with E-state index < -0.39 is 19.4 Å². The van der Waals surface area contributed by atoms with E-state index in [1.165, 1.54) is 30.5 Å². The number of anilines is 1. The van der Waals surface area contributed by atoms with Crippen LogP contribution in [0.5, 0.6) is 5.75 Å². The third kappa shape index (κ3) is 5.41. The molecule has 0 atom stereocenters. The number of aromatic nitrogens is 1. The largest absolute Gasteiger partial charge is 0.486 e. The number of alkyl halides is 2. The van der Waals surface area contributed by atoms with Gasteiger partial charge in [-0.3, -0.25) is 9.88 Å². The molecule has 0 radical (unpaired) electrons. The lowest BCUT2D eigenvalue weighted by atomic mass is 10.1. The number of benzene rings is 2. The van der Waals surface area contributed by atoms with Gasteiger partial charge in [0.1, 0.15) is 31.4 Å². The predicted octanol–water partition coefficient (Wildman–Crippen LogP) is 5.03. The van der Waals surface area contributed by atoms with E-state index >= 15 is 0 Å². The van der Waals surface area contributed by atoms with E-state index in [4.69, 9.17) is 15.3 Å². The van der Waals surface area contributed by atoms with Crippen LogP contribution in [0.25, 0.3) is 0 Å². The number of pyridine rings is 1. The van der Waals surface area contributed by atoms with Crippen LogP contribution in [-0.4, -0.2) is 16.2 Å². The number of amides is 1. The van der Waals surface area contributed by atoms with E-state index in [2.05, 4.69) is 4.98 Å². The number of nitriles is 2. The van der Waals surface area contributed by atoms with Crippen molar-refractivity contribution < 1.29 is 23.4 Å². The maximum atomic E-state index is 14.1. The maximum Gasteiger partial charge on any atom is 0.412 e. The highest BCUT2D eigenvalue weighted by atomic mass is 19.1. The second-order valence-corrected chi connectivity index (χ2v) is 6.93. The van der Waals surface area contributed by atoms with Crippen molar-refractivity contribution >= 4 is 11.8 Å². The van der Waals surface area contributed by atoms with E-state index in [-0.39, 0.29) is 41.4 Å². The van der Waals surface area contributed by atoms with Gasteiger partial charge in [0.25, 0.3) is 0 Å². The van der Waals surface area contributed by atoms with E-state index in [9.17, 15) is 18.7 Å². The Hall–Kier alpha value is -4.50. The van der Waals surface area contributed by atoms with Gasteiger partial charge in [-0.1, -0.05) is 12.1 Å². The topological polar surface area (TPSA) is 110 Å². The molecule has 9 heteroatoms. The molecule has 0 fully saturated rings. The summed E-state index contributed by atoms with van der Waals surface area (Å²) in [5, 5.41) is 27.6. The van der Waals surface area contributed by atoms with Crippen molar-refractivity contribution in [3.8, 4) is 17.9 Å². The minimum Gasteiger partial charge on any atom is -0.486 e.